The predicted molar refractivity (Wildman–Crippen MR) is 51.0 cm³/mol. The fourth-order valence-corrected chi connectivity index (χ4v) is 1.87. The molecular weight excluding hydrogens is 148 g/mol. The van der Waals surface area contributed by atoms with Gasteiger partial charge in [0.15, 0.2) is 0 Å². The summed E-state index contributed by atoms with van der Waals surface area (Å²) in [7, 11) is 0. The molecule has 68 valence electrons. The minimum absolute atomic E-state index is 0.388. The minimum atomic E-state index is 0.388. The lowest BCUT2D eigenvalue weighted by Gasteiger charge is -2.19. The van der Waals surface area contributed by atoms with Crippen LogP contribution in [0.15, 0.2) is 12.7 Å². The van der Waals surface area contributed by atoms with E-state index in [9.17, 15) is 4.79 Å². The normalized spacial score (nSPS) is 24.0. The van der Waals surface area contributed by atoms with E-state index in [-0.39, 0.29) is 0 Å². The summed E-state index contributed by atoms with van der Waals surface area (Å²) in [6.07, 6.45) is 9.57. The van der Waals surface area contributed by atoms with E-state index in [0.29, 0.717) is 11.7 Å². The third-order valence-electron chi connectivity index (χ3n) is 2.64. The minimum Gasteiger partial charge on any atom is -0.299 e. The molecular formula is C11H18O. The lowest BCUT2D eigenvalue weighted by atomic mass is 9.84. The van der Waals surface area contributed by atoms with Crippen LogP contribution in [0.4, 0.5) is 0 Å². The zero-order valence-corrected chi connectivity index (χ0v) is 7.72. The molecule has 0 spiro atoms. The highest BCUT2D eigenvalue weighted by Crippen LogP contribution is 2.24. The van der Waals surface area contributed by atoms with E-state index in [2.05, 4.69) is 6.58 Å². The van der Waals surface area contributed by atoms with Crippen LogP contribution in [0.2, 0.25) is 0 Å². The van der Waals surface area contributed by atoms with Crippen LogP contribution in [0.5, 0.6) is 0 Å². The molecule has 1 saturated carbocycles. The number of ketones is 1. The van der Waals surface area contributed by atoms with Crippen molar-refractivity contribution in [1.82, 2.24) is 0 Å². The van der Waals surface area contributed by atoms with Gasteiger partial charge in [0, 0.05) is 12.3 Å². The molecule has 0 N–H and O–H groups in total. The maximum atomic E-state index is 11.4. The van der Waals surface area contributed by atoms with Crippen LogP contribution in [0.25, 0.3) is 0 Å². The number of hydrogen-bond acceptors (Lipinski definition) is 1. The van der Waals surface area contributed by atoms with Gasteiger partial charge in [0.25, 0.3) is 0 Å². The molecule has 0 radical (unpaired) electrons. The van der Waals surface area contributed by atoms with Crippen molar-refractivity contribution >= 4 is 5.78 Å². The summed E-state index contributed by atoms with van der Waals surface area (Å²) < 4.78 is 0. The zero-order valence-electron chi connectivity index (χ0n) is 7.72. The van der Waals surface area contributed by atoms with Gasteiger partial charge in [-0.15, -0.1) is 6.58 Å². The van der Waals surface area contributed by atoms with Gasteiger partial charge in [0.1, 0.15) is 5.78 Å². The van der Waals surface area contributed by atoms with Crippen molar-refractivity contribution in [3.63, 3.8) is 0 Å². The molecule has 1 aliphatic carbocycles. The molecule has 0 saturated heterocycles. The number of unbranched alkanes of at least 4 members (excludes halogenated alkanes) is 1. The average Bonchev–Trinajstić information content (AvgIpc) is 2.09. The number of carbonyl (C=O) groups is 1. The second kappa shape index (κ2) is 5.13. The highest BCUT2D eigenvalue weighted by molar-refractivity contribution is 5.81. The van der Waals surface area contributed by atoms with E-state index in [4.69, 9.17) is 0 Å². The highest BCUT2D eigenvalue weighted by atomic mass is 16.1. The standard InChI is InChI=1S/C11H18O/c1-2-3-4-7-10-8-5-6-9-11(10)12/h2,10H,1,3-9H2. The Morgan fingerprint density at radius 3 is 3.00 bits per heavy atom. The summed E-state index contributed by atoms with van der Waals surface area (Å²) >= 11 is 0. The highest BCUT2D eigenvalue weighted by Gasteiger charge is 2.20. The summed E-state index contributed by atoms with van der Waals surface area (Å²) in [4.78, 5) is 11.4. The van der Waals surface area contributed by atoms with Crippen LogP contribution in [0.3, 0.4) is 0 Å². The number of allylic oxidation sites excluding steroid dienone is 1. The largest absolute Gasteiger partial charge is 0.299 e. The second-order valence-corrected chi connectivity index (χ2v) is 3.63. The fourth-order valence-electron chi connectivity index (χ4n) is 1.87. The molecule has 0 heterocycles. The van der Waals surface area contributed by atoms with Crippen LogP contribution in [-0.4, -0.2) is 5.78 Å². The van der Waals surface area contributed by atoms with Crippen LogP contribution in [0, 0.1) is 5.92 Å². The van der Waals surface area contributed by atoms with Gasteiger partial charge in [-0.1, -0.05) is 12.5 Å². The Balaban J connectivity index is 2.20. The Bertz CT molecular complexity index is 160. The van der Waals surface area contributed by atoms with Gasteiger partial charge in [-0.3, -0.25) is 4.79 Å². The van der Waals surface area contributed by atoms with Crippen molar-refractivity contribution in [2.45, 2.75) is 44.9 Å². The monoisotopic (exact) mass is 166 g/mol. The first kappa shape index (κ1) is 9.50. The first-order chi connectivity index (χ1) is 5.84. The Labute approximate surface area is 74.9 Å². The lowest BCUT2D eigenvalue weighted by Crippen LogP contribution is -2.18. The summed E-state index contributed by atoms with van der Waals surface area (Å²) in [6.45, 7) is 3.68. The van der Waals surface area contributed by atoms with Crippen LogP contribution in [0.1, 0.15) is 44.9 Å². The topological polar surface area (TPSA) is 17.1 Å². The van der Waals surface area contributed by atoms with E-state index in [1.807, 2.05) is 6.08 Å². The molecule has 1 rings (SSSR count). The van der Waals surface area contributed by atoms with Gasteiger partial charge in [-0.25, -0.2) is 0 Å². The number of carbonyl (C=O) groups excluding carboxylic acids is 1. The molecule has 1 fully saturated rings. The van der Waals surface area contributed by atoms with E-state index in [1.54, 1.807) is 0 Å². The van der Waals surface area contributed by atoms with Gasteiger partial charge in [0.05, 0.1) is 0 Å². The Hall–Kier alpha value is -0.590. The van der Waals surface area contributed by atoms with E-state index >= 15 is 0 Å². The van der Waals surface area contributed by atoms with Gasteiger partial charge in [-0.05, 0) is 32.1 Å². The summed E-state index contributed by atoms with van der Waals surface area (Å²) in [5.74, 6) is 0.893. The Kier molecular flexibility index (Phi) is 4.06. The number of rotatable bonds is 4. The summed E-state index contributed by atoms with van der Waals surface area (Å²) in [6, 6.07) is 0. The average molecular weight is 166 g/mol. The van der Waals surface area contributed by atoms with Crippen molar-refractivity contribution in [3.05, 3.63) is 12.7 Å². The molecule has 1 aliphatic rings. The summed E-state index contributed by atoms with van der Waals surface area (Å²) in [5, 5.41) is 0. The van der Waals surface area contributed by atoms with Crippen LogP contribution >= 0.6 is 0 Å². The molecule has 1 nitrogen and oxygen atoms in total. The van der Waals surface area contributed by atoms with Gasteiger partial charge in [-0.2, -0.15) is 0 Å². The Morgan fingerprint density at radius 2 is 2.33 bits per heavy atom. The van der Waals surface area contributed by atoms with Gasteiger partial charge >= 0.3 is 0 Å². The predicted octanol–water partition coefficient (Wildman–Crippen LogP) is 3.10. The first-order valence-electron chi connectivity index (χ1n) is 4.98. The maximum absolute atomic E-state index is 11.4. The molecule has 0 aromatic rings. The van der Waals surface area contributed by atoms with Crippen molar-refractivity contribution < 1.29 is 4.79 Å². The SMILES string of the molecule is C=CCCCC1CCCCC1=O. The van der Waals surface area contributed by atoms with E-state index < -0.39 is 0 Å². The maximum Gasteiger partial charge on any atom is 0.135 e. The second-order valence-electron chi connectivity index (χ2n) is 3.63. The van der Waals surface area contributed by atoms with Gasteiger partial charge < -0.3 is 0 Å². The molecule has 12 heavy (non-hydrogen) atoms. The molecule has 1 unspecified atom stereocenters. The molecule has 0 aromatic heterocycles. The first-order valence-corrected chi connectivity index (χ1v) is 4.98. The third-order valence-corrected chi connectivity index (χ3v) is 2.64. The quantitative estimate of drug-likeness (QED) is 0.463. The smallest absolute Gasteiger partial charge is 0.135 e. The third kappa shape index (κ3) is 2.80. The van der Waals surface area contributed by atoms with Crippen molar-refractivity contribution in [2.24, 2.45) is 5.92 Å². The van der Waals surface area contributed by atoms with Crippen LogP contribution in [-0.2, 0) is 4.79 Å². The molecule has 1 atom stereocenters. The number of hydrogen-bond donors (Lipinski definition) is 0. The zero-order chi connectivity index (χ0) is 8.81. The van der Waals surface area contributed by atoms with E-state index in [0.717, 1.165) is 38.5 Å². The van der Waals surface area contributed by atoms with Crippen molar-refractivity contribution in [3.8, 4) is 0 Å². The Morgan fingerprint density at radius 1 is 1.50 bits per heavy atom. The molecule has 0 amide bonds. The van der Waals surface area contributed by atoms with E-state index in [1.165, 1.54) is 6.42 Å². The van der Waals surface area contributed by atoms with Crippen LogP contribution < -0.4 is 0 Å². The van der Waals surface area contributed by atoms with Gasteiger partial charge in [0.2, 0.25) is 0 Å². The lowest BCUT2D eigenvalue weighted by molar-refractivity contribution is -0.124. The summed E-state index contributed by atoms with van der Waals surface area (Å²) in [5.41, 5.74) is 0. The molecule has 0 aromatic carbocycles. The molecule has 0 aliphatic heterocycles. The van der Waals surface area contributed by atoms with Crippen molar-refractivity contribution in [1.29, 1.82) is 0 Å². The number of Topliss-reactive ketones (excluding diaryl/α,β-unsaturated/α-hetero) is 1. The molecule has 1 heteroatoms. The van der Waals surface area contributed by atoms with Crippen molar-refractivity contribution in [2.75, 3.05) is 0 Å². The molecule has 0 bridgehead atoms. The fraction of sp³-hybridized carbons (Fsp3) is 0.727.